The highest BCUT2D eigenvalue weighted by molar-refractivity contribution is 7.89. The van der Waals surface area contributed by atoms with Crippen LogP contribution in [0.4, 0.5) is 5.69 Å². The Labute approximate surface area is 178 Å². The molecule has 7 heteroatoms. The number of anilines is 1. The molecular weight excluding hydrogens is 398 g/mol. The molecule has 2 aromatic carbocycles. The minimum atomic E-state index is -3.51. The highest BCUT2D eigenvalue weighted by Crippen LogP contribution is 2.28. The van der Waals surface area contributed by atoms with Crippen molar-refractivity contribution in [2.45, 2.75) is 31.1 Å². The van der Waals surface area contributed by atoms with E-state index < -0.39 is 10.0 Å². The van der Waals surface area contributed by atoms with Crippen LogP contribution in [0.25, 0.3) is 0 Å². The molecule has 0 aromatic heterocycles. The van der Waals surface area contributed by atoms with Gasteiger partial charge in [0.25, 0.3) is 0 Å². The monoisotopic (exact) mass is 427 g/mol. The maximum atomic E-state index is 12.9. The number of carbonyl (C=O) groups is 1. The summed E-state index contributed by atoms with van der Waals surface area (Å²) in [5.74, 6) is 0.332. The molecule has 0 saturated carbocycles. The predicted molar refractivity (Wildman–Crippen MR) is 118 cm³/mol. The molecule has 6 nitrogen and oxygen atoms in total. The zero-order valence-corrected chi connectivity index (χ0v) is 18.2. The standard InChI is InChI=1S/C23H29N3O3S/c1-18-8-10-21(11-9-18)30(28,29)24-15-19-5-4-13-25(16-19)17-23(27)26-14-12-20-6-2-3-7-22(20)26/h2-3,6-11,19,24H,4-5,12-17H2,1H3. The van der Waals surface area contributed by atoms with Gasteiger partial charge in [0.1, 0.15) is 0 Å². The average molecular weight is 428 g/mol. The van der Waals surface area contributed by atoms with Crippen LogP contribution in [0.15, 0.2) is 53.4 Å². The molecule has 1 amide bonds. The van der Waals surface area contributed by atoms with E-state index in [4.69, 9.17) is 0 Å². The number of aryl methyl sites for hydroxylation is 1. The van der Waals surface area contributed by atoms with Crippen molar-refractivity contribution in [2.24, 2.45) is 5.92 Å². The van der Waals surface area contributed by atoms with Crippen molar-refractivity contribution >= 4 is 21.6 Å². The largest absolute Gasteiger partial charge is 0.311 e. The van der Waals surface area contributed by atoms with Crippen molar-refractivity contribution in [1.82, 2.24) is 9.62 Å². The van der Waals surface area contributed by atoms with Gasteiger partial charge in [0.15, 0.2) is 0 Å². The minimum Gasteiger partial charge on any atom is -0.311 e. The van der Waals surface area contributed by atoms with Crippen LogP contribution in [0, 0.1) is 12.8 Å². The Balaban J connectivity index is 1.31. The summed E-state index contributed by atoms with van der Waals surface area (Å²) in [6.45, 7) is 5.07. The van der Waals surface area contributed by atoms with Crippen LogP contribution < -0.4 is 9.62 Å². The fourth-order valence-corrected chi connectivity index (χ4v) is 5.48. The molecule has 2 aliphatic heterocycles. The van der Waals surface area contributed by atoms with E-state index in [0.29, 0.717) is 18.0 Å². The van der Waals surface area contributed by atoms with Crippen molar-refractivity contribution in [3.05, 3.63) is 59.7 Å². The van der Waals surface area contributed by atoms with Crippen LogP contribution in [0.2, 0.25) is 0 Å². The quantitative estimate of drug-likeness (QED) is 0.769. The number of carbonyl (C=O) groups excluding carboxylic acids is 1. The van der Waals surface area contributed by atoms with Crippen molar-refractivity contribution in [3.8, 4) is 0 Å². The van der Waals surface area contributed by atoms with Gasteiger partial charge in [-0.05, 0) is 62.4 Å². The molecule has 0 aliphatic carbocycles. The van der Waals surface area contributed by atoms with Gasteiger partial charge in [-0.2, -0.15) is 0 Å². The number of amides is 1. The third-order valence-electron chi connectivity index (χ3n) is 6.04. The molecule has 160 valence electrons. The molecular formula is C23H29N3O3S. The maximum Gasteiger partial charge on any atom is 0.241 e. The molecule has 1 N–H and O–H groups in total. The number of rotatable bonds is 6. The Hall–Kier alpha value is -2.22. The van der Waals surface area contributed by atoms with Crippen molar-refractivity contribution < 1.29 is 13.2 Å². The van der Waals surface area contributed by atoms with Crippen LogP contribution in [0.1, 0.15) is 24.0 Å². The number of para-hydroxylation sites is 1. The number of benzene rings is 2. The Morgan fingerprint density at radius 1 is 1.10 bits per heavy atom. The summed E-state index contributed by atoms with van der Waals surface area (Å²) < 4.78 is 27.9. The zero-order chi connectivity index (χ0) is 21.1. The molecule has 1 fully saturated rings. The molecule has 2 aromatic rings. The Morgan fingerprint density at radius 2 is 1.87 bits per heavy atom. The number of nitrogens with zero attached hydrogens (tertiary/aromatic N) is 2. The number of hydrogen-bond donors (Lipinski definition) is 1. The first-order valence-electron chi connectivity index (χ1n) is 10.6. The van der Waals surface area contributed by atoms with E-state index in [1.165, 1.54) is 5.56 Å². The zero-order valence-electron chi connectivity index (χ0n) is 17.4. The molecule has 1 unspecified atom stereocenters. The normalized spacial score (nSPS) is 19.6. The third kappa shape index (κ3) is 4.74. The summed E-state index contributed by atoms with van der Waals surface area (Å²) in [4.78, 5) is 17.2. The lowest BCUT2D eigenvalue weighted by Gasteiger charge is -2.33. The predicted octanol–water partition coefficient (Wildman–Crippen LogP) is 2.57. The van der Waals surface area contributed by atoms with E-state index >= 15 is 0 Å². The number of fused-ring (bicyclic) bond motifs is 1. The topological polar surface area (TPSA) is 69.7 Å². The van der Waals surface area contributed by atoms with E-state index in [1.807, 2.05) is 30.0 Å². The second-order valence-corrected chi connectivity index (χ2v) is 10.1. The van der Waals surface area contributed by atoms with E-state index in [2.05, 4.69) is 15.7 Å². The Kier molecular flexibility index (Phi) is 6.22. The number of sulfonamides is 1. The van der Waals surface area contributed by atoms with Crippen molar-refractivity contribution in [1.29, 1.82) is 0 Å². The van der Waals surface area contributed by atoms with Crippen LogP contribution >= 0.6 is 0 Å². The number of piperidine rings is 1. The molecule has 1 saturated heterocycles. The molecule has 0 bridgehead atoms. The van der Waals surface area contributed by atoms with E-state index in [-0.39, 0.29) is 11.8 Å². The van der Waals surface area contributed by atoms with Gasteiger partial charge in [0.2, 0.25) is 15.9 Å². The summed E-state index contributed by atoms with van der Waals surface area (Å²) in [5.41, 5.74) is 3.29. The van der Waals surface area contributed by atoms with E-state index in [0.717, 1.165) is 50.1 Å². The van der Waals surface area contributed by atoms with Crippen molar-refractivity contribution in [2.75, 3.05) is 37.6 Å². The molecule has 0 radical (unpaired) electrons. The molecule has 30 heavy (non-hydrogen) atoms. The summed E-state index contributed by atoms with van der Waals surface area (Å²) in [6.07, 6.45) is 2.85. The fraction of sp³-hybridized carbons (Fsp3) is 0.435. The summed E-state index contributed by atoms with van der Waals surface area (Å²) in [7, 11) is -3.51. The van der Waals surface area contributed by atoms with Gasteiger partial charge < -0.3 is 4.90 Å². The highest BCUT2D eigenvalue weighted by atomic mass is 32.2. The minimum absolute atomic E-state index is 0.126. The van der Waals surface area contributed by atoms with Crippen LogP contribution in [-0.2, 0) is 21.2 Å². The second kappa shape index (κ2) is 8.88. The Bertz CT molecular complexity index is 1000. The van der Waals surface area contributed by atoms with Gasteiger partial charge in [-0.3, -0.25) is 9.69 Å². The summed E-state index contributed by atoms with van der Waals surface area (Å²) in [5, 5.41) is 0. The van der Waals surface area contributed by atoms with Gasteiger partial charge in [0.05, 0.1) is 11.4 Å². The summed E-state index contributed by atoms with van der Waals surface area (Å²) in [6, 6.07) is 15.0. The summed E-state index contributed by atoms with van der Waals surface area (Å²) >= 11 is 0. The fourth-order valence-electron chi connectivity index (χ4n) is 4.36. The Morgan fingerprint density at radius 3 is 2.67 bits per heavy atom. The smallest absolute Gasteiger partial charge is 0.241 e. The van der Waals surface area contributed by atoms with E-state index in [9.17, 15) is 13.2 Å². The second-order valence-electron chi connectivity index (χ2n) is 8.33. The maximum absolute atomic E-state index is 12.9. The van der Waals surface area contributed by atoms with Gasteiger partial charge in [0, 0.05) is 25.3 Å². The lowest BCUT2D eigenvalue weighted by molar-refractivity contribution is -0.120. The lowest BCUT2D eigenvalue weighted by Crippen LogP contribution is -2.46. The molecule has 0 spiro atoms. The van der Waals surface area contributed by atoms with Gasteiger partial charge in [-0.25, -0.2) is 13.1 Å². The molecule has 1 atom stereocenters. The molecule has 4 rings (SSSR count). The van der Waals surface area contributed by atoms with Crippen LogP contribution in [0.3, 0.4) is 0 Å². The van der Waals surface area contributed by atoms with Crippen LogP contribution in [0.5, 0.6) is 0 Å². The third-order valence-corrected chi connectivity index (χ3v) is 7.48. The first-order valence-corrected chi connectivity index (χ1v) is 12.1. The highest BCUT2D eigenvalue weighted by Gasteiger charge is 2.28. The van der Waals surface area contributed by atoms with E-state index in [1.54, 1.807) is 24.3 Å². The number of hydrogen-bond acceptors (Lipinski definition) is 4. The number of likely N-dealkylation sites (tertiary alicyclic amines) is 1. The molecule has 2 heterocycles. The van der Waals surface area contributed by atoms with Gasteiger partial charge >= 0.3 is 0 Å². The lowest BCUT2D eigenvalue weighted by atomic mass is 9.98. The van der Waals surface area contributed by atoms with Crippen LogP contribution in [-0.4, -0.2) is 51.9 Å². The average Bonchev–Trinajstić information content (AvgIpc) is 3.17. The first-order chi connectivity index (χ1) is 14.4. The first kappa shape index (κ1) is 21.0. The SMILES string of the molecule is Cc1ccc(S(=O)(=O)NCC2CCCN(CC(=O)N3CCc4ccccc43)C2)cc1. The van der Waals surface area contributed by atoms with Crippen molar-refractivity contribution in [3.63, 3.8) is 0 Å². The molecule has 2 aliphatic rings. The van der Waals surface area contributed by atoms with Gasteiger partial charge in [-0.15, -0.1) is 0 Å². The van der Waals surface area contributed by atoms with Gasteiger partial charge in [-0.1, -0.05) is 35.9 Å². The number of nitrogens with one attached hydrogen (secondary N) is 1.